The predicted molar refractivity (Wildman–Crippen MR) is 101 cm³/mol. The zero-order chi connectivity index (χ0) is 18.4. The molecule has 1 fully saturated rings. The number of aryl methyl sites for hydroxylation is 1. The first kappa shape index (κ1) is 18.9. The molecule has 142 valence electrons. The standard InChI is InChI=1S/C19H30N6O/c1-4-5-6-18-21-11-16(22-18)13-25-9-10-26-17(14-25)19-20-8-7-15(23-19)12-24(2)3/h7-8,11,17H,4-6,9-10,12-14H2,1-3H3,(H,21,22). The Morgan fingerprint density at radius 1 is 1.35 bits per heavy atom. The van der Waals surface area contributed by atoms with Gasteiger partial charge in [-0.05, 0) is 26.6 Å². The van der Waals surface area contributed by atoms with Crippen molar-refractivity contribution >= 4 is 0 Å². The van der Waals surface area contributed by atoms with Gasteiger partial charge in [-0.1, -0.05) is 13.3 Å². The lowest BCUT2D eigenvalue weighted by molar-refractivity contribution is -0.0376. The van der Waals surface area contributed by atoms with E-state index in [0.29, 0.717) is 6.61 Å². The van der Waals surface area contributed by atoms with Gasteiger partial charge in [0.25, 0.3) is 0 Å². The Kier molecular flexibility index (Phi) is 6.71. The lowest BCUT2D eigenvalue weighted by Gasteiger charge is -2.31. The van der Waals surface area contributed by atoms with Crippen molar-refractivity contribution < 1.29 is 4.74 Å². The Morgan fingerprint density at radius 2 is 2.23 bits per heavy atom. The summed E-state index contributed by atoms with van der Waals surface area (Å²) in [7, 11) is 4.08. The van der Waals surface area contributed by atoms with Crippen molar-refractivity contribution in [1.29, 1.82) is 0 Å². The molecular weight excluding hydrogens is 328 g/mol. The van der Waals surface area contributed by atoms with Crippen LogP contribution in [0.15, 0.2) is 18.5 Å². The molecule has 1 saturated heterocycles. The van der Waals surface area contributed by atoms with Gasteiger partial charge in [0.15, 0.2) is 5.82 Å². The number of nitrogens with zero attached hydrogens (tertiary/aromatic N) is 5. The molecule has 0 aromatic carbocycles. The number of aromatic amines is 1. The van der Waals surface area contributed by atoms with E-state index in [-0.39, 0.29) is 6.10 Å². The molecule has 0 amide bonds. The van der Waals surface area contributed by atoms with Crippen molar-refractivity contribution in [3.05, 3.63) is 41.5 Å². The number of rotatable bonds is 8. The molecule has 3 rings (SSSR count). The Balaban J connectivity index is 1.59. The fraction of sp³-hybridized carbons (Fsp3) is 0.632. The van der Waals surface area contributed by atoms with Crippen LogP contribution in [0.4, 0.5) is 0 Å². The Labute approximate surface area is 155 Å². The largest absolute Gasteiger partial charge is 0.368 e. The molecule has 1 aliphatic rings. The number of morpholine rings is 1. The van der Waals surface area contributed by atoms with E-state index in [2.05, 4.69) is 31.7 Å². The molecule has 7 heteroatoms. The molecule has 0 saturated carbocycles. The molecule has 0 radical (unpaired) electrons. The first-order valence-electron chi connectivity index (χ1n) is 9.47. The maximum absolute atomic E-state index is 5.94. The lowest BCUT2D eigenvalue weighted by atomic mass is 10.2. The average Bonchev–Trinajstić information content (AvgIpc) is 3.07. The number of H-pyrrole nitrogens is 1. The third-order valence-electron chi connectivity index (χ3n) is 4.49. The molecule has 0 bridgehead atoms. The second-order valence-corrected chi connectivity index (χ2v) is 7.20. The van der Waals surface area contributed by atoms with Crippen LogP contribution in [0.2, 0.25) is 0 Å². The summed E-state index contributed by atoms with van der Waals surface area (Å²) in [4.78, 5) is 21.6. The van der Waals surface area contributed by atoms with Crippen LogP contribution in [0, 0.1) is 0 Å². The van der Waals surface area contributed by atoms with E-state index in [1.165, 1.54) is 18.5 Å². The van der Waals surface area contributed by atoms with Gasteiger partial charge in [0.1, 0.15) is 11.9 Å². The second kappa shape index (κ2) is 9.21. The van der Waals surface area contributed by atoms with Gasteiger partial charge in [-0.3, -0.25) is 4.90 Å². The first-order chi connectivity index (χ1) is 12.6. The lowest BCUT2D eigenvalue weighted by Crippen LogP contribution is -2.38. The highest BCUT2D eigenvalue weighted by Gasteiger charge is 2.24. The van der Waals surface area contributed by atoms with Crippen LogP contribution in [0.3, 0.4) is 0 Å². The third kappa shape index (κ3) is 5.33. The van der Waals surface area contributed by atoms with E-state index in [9.17, 15) is 0 Å². The molecule has 1 unspecified atom stereocenters. The first-order valence-corrected chi connectivity index (χ1v) is 9.47. The van der Waals surface area contributed by atoms with Crippen LogP contribution < -0.4 is 0 Å². The molecule has 2 aromatic rings. The Hall–Kier alpha value is -1.83. The van der Waals surface area contributed by atoms with Crippen LogP contribution in [0.25, 0.3) is 0 Å². The van der Waals surface area contributed by atoms with Crippen molar-refractivity contribution in [1.82, 2.24) is 29.7 Å². The van der Waals surface area contributed by atoms with Gasteiger partial charge >= 0.3 is 0 Å². The number of aromatic nitrogens is 4. The maximum Gasteiger partial charge on any atom is 0.158 e. The number of hydrogen-bond donors (Lipinski definition) is 1. The number of unbranched alkanes of at least 4 members (excludes halogenated alkanes) is 1. The Bertz CT molecular complexity index is 686. The summed E-state index contributed by atoms with van der Waals surface area (Å²) >= 11 is 0. The van der Waals surface area contributed by atoms with Crippen LogP contribution in [-0.2, 0) is 24.2 Å². The summed E-state index contributed by atoms with van der Waals surface area (Å²) in [5, 5.41) is 0. The van der Waals surface area contributed by atoms with Gasteiger partial charge in [-0.25, -0.2) is 15.0 Å². The SMILES string of the molecule is CCCCc1ncc(CN2CCOC(c3nccc(CN(C)C)n3)C2)[nH]1. The second-order valence-electron chi connectivity index (χ2n) is 7.20. The predicted octanol–water partition coefficient (Wildman–Crippen LogP) is 2.18. The van der Waals surface area contributed by atoms with Crippen LogP contribution >= 0.6 is 0 Å². The highest BCUT2D eigenvalue weighted by atomic mass is 16.5. The molecule has 7 nitrogen and oxygen atoms in total. The molecule has 1 atom stereocenters. The van der Waals surface area contributed by atoms with E-state index in [0.717, 1.165) is 49.9 Å². The van der Waals surface area contributed by atoms with E-state index in [1.54, 1.807) is 0 Å². The van der Waals surface area contributed by atoms with Crippen LogP contribution in [0.1, 0.15) is 48.9 Å². The van der Waals surface area contributed by atoms with Gasteiger partial charge < -0.3 is 14.6 Å². The summed E-state index contributed by atoms with van der Waals surface area (Å²) in [5.74, 6) is 1.87. The summed E-state index contributed by atoms with van der Waals surface area (Å²) in [6.45, 7) is 6.28. The third-order valence-corrected chi connectivity index (χ3v) is 4.49. The maximum atomic E-state index is 5.94. The van der Waals surface area contributed by atoms with Gasteiger partial charge in [0, 0.05) is 50.7 Å². The van der Waals surface area contributed by atoms with E-state index >= 15 is 0 Å². The van der Waals surface area contributed by atoms with Crippen LogP contribution in [-0.4, -0.2) is 63.5 Å². The normalized spacial score (nSPS) is 18.5. The monoisotopic (exact) mass is 358 g/mol. The number of imidazole rings is 1. The summed E-state index contributed by atoms with van der Waals surface area (Å²) < 4.78 is 5.94. The minimum absolute atomic E-state index is 0.0756. The quantitative estimate of drug-likeness (QED) is 0.780. The molecule has 3 heterocycles. The molecule has 1 N–H and O–H groups in total. The van der Waals surface area contributed by atoms with Gasteiger partial charge in [0.2, 0.25) is 0 Å². The fourth-order valence-electron chi connectivity index (χ4n) is 3.18. The molecule has 26 heavy (non-hydrogen) atoms. The smallest absolute Gasteiger partial charge is 0.158 e. The highest BCUT2D eigenvalue weighted by molar-refractivity contribution is 5.06. The molecular formula is C19H30N6O. The van der Waals surface area contributed by atoms with Crippen LogP contribution in [0.5, 0.6) is 0 Å². The van der Waals surface area contributed by atoms with Gasteiger partial charge in [0.05, 0.1) is 12.3 Å². The molecule has 1 aliphatic heterocycles. The van der Waals surface area contributed by atoms with Crippen molar-refractivity contribution in [2.75, 3.05) is 33.8 Å². The zero-order valence-electron chi connectivity index (χ0n) is 16.1. The summed E-state index contributed by atoms with van der Waals surface area (Å²) in [6.07, 6.45) is 7.10. The molecule has 0 spiro atoms. The van der Waals surface area contributed by atoms with E-state index in [1.807, 2.05) is 32.6 Å². The topological polar surface area (TPSA) is 70.2 Å². The summed E-state index contributed by atoms with van der Waals surface area (Å²) in [6, 6.07) is 1.96. The highest BCUT2D eigenvalue weighted by Crippen LogP contribution is 2.20. The van der Waals surface area contributed by atoms with E-state index in [4.69, 9.17) is 9.72 Å². The van der Waals surface area contributed by atoms with Crippen molar-refractivity contribution in [2.45, 2.75) is 45.4 Å². The molecule has 0 aliphatic carbocycles. The molecule has 2 aromatic heterocycles. The van der Waals surface area contributed by atoms with Gasteiger partial charge in [-0.15, -0.1) is 0 Å². The number of nitrogens with one attached hydrogen (secondary N) is 1. The zero-order valence-corrected chi connectivity index (χ0v) is 16.1. The minimum atomic E-state index is -0.0756. The van der Waals surface area contributed by atoms with Crippen molar-refractivity contribution in [3.63, 3.8) is 0 Å². The summed E-state index contributed by atoms with van der Waals surface area (Å²) in [5.41, 5.74) is 2.19. The Morgan fingerprint density at radius 3 is 3.04 bits per heavy atom. The van der Waals surface area contributed by atoms with Crippen molar-refractivity contribution in [3.8, 4) is 0 Å². The van der Waals surface area contributed by atoms with Crippen molar-refractivity contribution in [2.24, 2.45) is 0 Å². The fourth-order valence-corrected chi connectivity index (χ4v) is 3.18. The number of ether oxygens (including phenoxy) is 1. The number of hydrogen-bond acceptors (Lipinski definition) is 6. The minimum Gasteiger partial charge on any atom is -0.368 e. The van der Waals surface area contributed by atoms with Gasteiger partial charge in [-0.2, -0.15) is 0 Å². The van der Waals surface area contributed by atoms with E-state index < -0.39 is 0 Å². The average molecular weight is 358 g/mol.